The topological polar surface area (TPSA) is 52.3 Å². The summed E-state index contributed by atoms with van der Waals surface area (Å²) in [4.78, 5) is 12.0. The van der Waals surface area contributed by atoms with Crippen molar-refractivity contribution in [3.05, 3.63) is 38.5 Å². The van der Waals surface area contributed by atoms with Crippen LogP contribution in [0.2, 0.25) is 15.1 Å². The number of carbonyl (C=O) groups is 1. The number of rotatable bonds is 3. The molecule has 20 heavy (non-hydrogen) atoms. The van der Waals surface area contributed by atoms with Crippen molar-refractivity contribution in [3.8, 4) is 11.3 Å². The Hall–Kier alpha value is -1.23. The molecular formula is C13H10Cl3NO3. The second-order valence-corrected chi connectivity index (χ2v) is 5.18. The number of carbonyl (C=O) groups excluding carboxylic acids is 1. The van der Waals surface area contributed by atoms with E-state index >= 15 is 0 Å². The Morgan fingerprint density at radius 1 is 1.30 bits per heavy atom. The highest BCUT2D eigenvalue weighted by molar-refractivity contribution is 6.42. The average Bonchev–Trinajstić information content (AvgIpc) is 2.70. The van der Waals surface area contributed by atoms with Gasteiger partial charge < -0.3 is 9.26 Å². The third kappa shape index (κ3) is 2.77. The van der Waals surface area contributed by atoms with Gasteiger partial charge in [-0.1, -0.05) is 40.0 Å². The number of nitrogens with zero attached hydrogens (tertiary/aromatic N) is 1. The van der Waals surface area contributed by atoms with Gasteiger partial charge in [0.2, 0.25) is 0 Å². The lowest BCUT2D eigenvalue weighted by atomic mass is 10.1. The minimum Gasteiger partial charge on any atom is -0.462 e. The lowest BCUT2D eigenvalue weighted by Gasteiger charge is -2.07. The van der Waals surface area contributed by atoms with Crippen molar-refractivity contribution in [2.75, 3.05) is 6.61 Å². The van der Waals surface area contributed by atoms with Crippen molar-refractivity contribution < 1.29 is 14.1 Å². The third-order valence-corrected chi connectivity index (χ3v) is 3.40. The number of hydrogen-bond donors (Lipinski definition) is 0. The molecule has 0 atom stereocenters. The number of esters is 1. The fourth-order valence-corrected chi connectivity index (χ4v) is 2.75. The molecule has 0 spiro atoms. The van der Waals surface area contributed by atoms with Crippen LogP contribution in [0.4, 0.5) is 0 Å². The predicted octanol–water partition coefficient (Wildman–Crippen LogP) is 4.79. The van der Waals surface area contributed by atoms with E-state index in [9.17, 15) is 4.79 Å². The number of benzene rings is 1. The standard InChI is InChI=1S/C13H10Cl3NO3/c1-3-19-13(18)10-6(2)20-17-12(10)11-8(15)4-7(14)5-9(11)16/h4-5H,3H2,1-2H3. The van der Waals surface area contributed by atoms with Crippen LogP contribution in [0.3, 0.4) is 0 Å². The summed E-state index contributed by atoms with van der Waals surface area (Å²) in [5, 5.41) is 4.80. The molecule has 0 amide bonds. The van der Waals surface area contributed by atoms with Gasteiger partial charge in [-0.2, -0.15) is 0 Å². The highest BCUT2D eigenvalue weighted by atomic mass is 35.5. The van der Waals surface area contributed by atoms with E-state index in [0.29, 0.717) is 16.3 Å². The molecule has 1 aromatic carbocycles. The molecule has 0 saturated heterocycles. The lowest BCUT2D eigenvalue weighted by molar-refractivity contribution is 0.0525. The molecule has 2 aromatic rings. The molecule has 0 aliphatic heterocycles. The number of aryl methyl sites for hydroxylation is 1. The highest BCUT2D eigenvalue weighted by Crippen LogP contribution is 2.39. The summed E-state index contributed by atoms with van der Waals surface area (Å²) in [7, 11) is 0. The zero-order valence-corrected chi connectivity index (χ0v) is 12.9. The second kappa shape index (κ2) is 6.04. The Morgan fingerprint density at radius 3 is 2.45 bits per heavy atom. The monoisotopic (exact) mass is 333 g/mol. The van der Waals surface area contributed by atoms with Crippen LogP contribution in [0.1, 0.15) is 23.0 Å². The molecule has 0 aliphatic rings. The summed E-state index contributed by atoms with van der Waals surface area (Å²) in [6, 6.07) is 3.03. The molecule has 0 fully saturated rings. The molecule has 0 N–H and O–H groups in total. The minimum atomic E-state index is -0.539. The molecule has 106 valence electrons. The second-order valence-electron chi connectivity index (χ2n) is 3.93. The number of ether oxygens (including phenoxy) is 1. The molecule has 0 unspecified atom stereocenters. The zero-order chi connectivity index (χ0) is 14.9. The van der Waals surface area contributed by atoms with Gasteiger partial charge in [-0.05, 0) is 26.0 Å². The van der Waals surface area contributed by atoms with Crippen molar-refractivity contribution in [1.29, 1.82) is 0 Å². The van der Waals surface area contributed by atoms with E-state index in [1.54, 1.807) is 13.8 Å². The molecule has 1 aromatic heterocycles. The summed E-state index contributed by atoms with van der Waals surface area (Å²) >= 11 is 18.1. The van der Waals surface area contributed by atoms with Crippen molar-refractivity contribution >= 4 is 40.8 Å². The van der Waals surface area contributed by atoms with Gasteiger partial charge in [0.25, 0.3) is 0 Å². The molecule has 0 radical (unpaired) electrons. The first-order valence-electron chi connectivity index (χ1n) is 5.74. The van der Waals surface area contributed by atoms with Crippen LogP contribution in [0.5, 0.6) is 0 Å². The Bertz CT molecular complexity index is 644. The van der Waals surface area contributed by atoms with Crippen LogP contribution >= 0.6 is 34.8 Å². The molecular weight excluding hydrogens is 325 g/mol. The van der Waals surface area contributed by atoms with E-state index in [2.05, 4.69) is 5.16 Å². The zero-order valence-electron chi connectivity index (χ0n) is 10.7. The van der Waals surface area contributed by atoms with Crippen LogP contribution in [-0.2, 0) is 4.74 Å². The van der Waals surface area contributed by atoms with Gasteiger partial charge in [-0.3, -0.25) is 0 Å². The van der Waals surface area contributed by atoms with Crippen LogP contribution in [0.15, 0.2) is 16.7 Å². The first-order valence-corrected chi connectivity index (χ1v) is 6.87. The molecule has 0 saturated carbocycles. The van der Waals surface area contributed by atoms with Gasteiger partial charge >= 0.3 is 5.97 Å². The van der Waals surface area contributed by atoms with Crippen LogP contribution < -0.4 is 0 Å². The summed E-state index contributed by atoms with van der Waals surface area (Å²) in [5.41, 5.74) is 0.836. The van der Waals surface area contributed by atoms with E-state index in [1.807, 2.05) is 0 Å². The third-order valence-electron chi connectivity index (χ3n) is 2.59. The summed E-state index contributed by atoms with van der Waals surface area (Å²) < 4.78 is 10.0. The first kappa shape index (κ1) is 15.2. The van der Waals surface area contributed by atoms with E-state index < -0.39 is 5.97 Å². The number of aromatic nitrogens is 1. The van der Waals surface area contributed by atoms with Crippen molar-refractivity contribution in [3.63, 3.8) is 0 Å². The number of halogens is 3. The molecule has 0 aliphatic carbocycles. The van der Waals surface area contributed by atoms with E-state index in [-0.39, 0.29) is 27.9 Å². The Balaban J connectivity index is 2.63. The van der Waals surface area contributed by atoms with Crippen molar-refractivity contribution in [1.82, 2.24) is 5.16 Å². The maximum absolute atomic E-state index is 12.0. The van der Waals surface area contributed by atoms with Crippen LogP contribution in [0.25, 0.3) is 11.3 Å². The number of hydrogen-bond acceptors (Lipinski definition) is 4. The van der Waals surface area contributed by atoms with Gasteiger partial charge in [0, 0.05) is 10.6 Å². The van der Waals surface area contributed by atoms with Gasteiger partial charge in [0.15, 0.2) is 0 Å². The normalized spacial score (nSPS) is 10.7. The van der Waals surface area contributed by atoms with E-state index in [1.165, 1.54) is 12.1 Å². The minimum absolute atomic E-state index is 0.206. The Kier molecular flexibility index (Phi) is 4.58. The first-order chi connectivity index (χ1) is 9.45. The maximum atomic E-state index is 12.0. The SMILES string of the molecule is CCOC(=O)c1c(-c2c(Cl)cc(Cl)cc2Cl)noc1C. The summed E-state index contributed by atoms with van der Waals surface area (Å²) in [6.45, 7) is 3.56. The summed E-state index contributed by atoms with van der Waals surface area (Å²) in [6.07, 6.45) is 0. The van der Waals surface area contributed by atoms with Crippen molar-refractivity contribution in [2.45, 2.75) is 13.8 Å². The van der Waals surface area contributed by atoms with E-state index in [4.69, 9.17) is 44.1 Å². The Morgan fingerprint density at radius 2 is 1.90 bits per heavy atom. The molecule has 7 heteroatoms. The fraction of sp³-hybridized carbons (Fsp3) is 0.231. The Labute approximate surface area is 130 Å². The van der Waals surface area contributed by atoms with Gasteiger partial charge in [0.05, 0.1) is 16.7 Å². The van der Waals surface area contributed by atoms with Crippen molar-refractivity contribution in [2.24, 2.45) is 0 Å². The van der Waals surface area contributed by atoms with Crippen LogP contribution in [0, 0.1) is 6.92 Å². The molecule has 4 nitrogen and oxygen atoms in total. The molecule has 2 rings (SSSR count). The quantitative estimate of drug-likeness (QED) is 0.757. The molecule has 1 heterocycles. The fourth-order valence-electron chi connectivity index (χ4n) is 1.75. The lowest BCUT2D eigenvalue weighted by Crippen LogP contribution is -2.06. The maximum Gasteiger partial charge on any atom is 0.344 e. The smallest absolute Gasteiger partial charge is 0.344 e. The van der Waals surface area contributed by atoms with E-state index in [0.717, 1.165) is 0 Å². The highest BCUT2D eigenvalue weighted by Gasteiger charge is 2.26. The van der Waals surface area contributed by atoms with Crippen LogP contribution in [-0.4, -0.2) is 17.7 Å². The molecule has 0 bridgehead atoms. The largest absolute Gasteiger partial charge is 0.462 e. The predicted molar refractivity (Wildman–Crippen MR) is 77.7 cm³/mol. The van der Waals surface area contributed by atoms with Gasteiger partial charge in [-0.15, -0.1) is 0 Å². The average molecular weight is 335 g/mol. The van der Waals surface area contributed by atoms with Gasteiger partial charge in [0.1, 0.15) is 17.0 Å². The van der Waals surface area contributed by atoms with Gasteiger partial charge in [-0.25, -0.2) is 4.79 Å². The summed E-state index contributed by atoms with van der Waals surface area (Å²) in [5.74, 6) is -0.205.